The van der Waals surface area contributed by atoms with Crippen LogP contribution in [0.3, 0.4) is 0 Å². The van der Waals surface area contributed by atoms with Crippen molar-refractivity contribution < 1.29 is 14.3 Å². The summed E-state index contributed by atoms with van der Waals surface area (Å²) in [4.78, 5) is 28.3. The Balaban J connectivity index is 1.47. The van der Waals surface area contributed by atoms with Gasteiger partial charge in [-0.15, -0.1) is 10.2 Å². The number of nitrogens with zero attached hydrogens (tertiary/aromatic N) is 6. The van der Waals surface area contributed by atoms with E-state index in [0.717, 1.165) is 18.5 Å². The van der Waals surface area contributed by atoms with Gasteiger partial charge in [0.05, 0.1) is 17.9 Å². The third-order valence-electron chi connectivity index (χ3n) is 5.11. The van der Waals surface area contributed by atoms with Crippen LogP contribution < -0.4 is 0 Å². The Kier molecular flexibility index (Phi) is 4.01. The van der Waals surface area contributed by atoms with E-state index < -0.39 is 0 Å². The maximum atomic E-state index is 12.9. The topological polar surface area (TPSA) is 92.9 Å². The zero-order valence-corrected chi connectivity index (χ0v) is 15.2. The molecular formula is C17H22N6O3. The van der Waals surface area contributed by atoms with Crippen molar-refractivity contribution in [1.82, 2.24) is 29.6 Å². The van der Waals surface area contributed by atoms with E-state index in [1.165, 1.54) is 0 Å². The highest BCUT2D eigenvalue weighted by Crippen LogP contribution is 2.23. The largest absolute Gasteiger partial charge is 0.444 e. The van der Waals surface area contributed by atoms with Gasteiger partial charge in [-0.1, -0.05) is 0 Å². The molecule has 9 nitrogen and oxygen atoms in total. The second kappa shape index (κ2) is 6.22. The number of carbonyl (C=O) groups excluding carboxylic acids is 2. The second-order valence-corrected chi connectivity index (χ2v) is 7.06. The second-order valence-electron chi connectivity index (χ2n) is 7.06. The van der Waals surface area contributed by atoms with Gasteiger partial charge in [-0.2, -0.15) is 5.10 Å². The molecule has 4 rings (SSSR count). The van der Waals surface area contributed by atoms with Crippen LogP contribution in [-0.4, -0.2) is 73.4 Å². The smallest absolute Gasteiger partial charge is 0.410 e. The molecule has 2 amide bonds. The van der Waals surface area contributed by atoms with Crippen LogP contribution >= 0.6 is 0 Å². The number of piperidine rings is 1. The van der Waals surface area contributed by atoms with Crippen molar-refractivity contribution in [2.45, 2.75) is 45.8 Å². The molecule has 26 heavy (non-hydrogen) atoms. The zero-order chi connectivity index (χ0) is 18.4. The molecule has 4 heterocycles. The summed E-state index contributed by atoms with van der Waals surface area (Å²) in [6.45, 7) is 7.39. The molecule has 1 unspecified atom stereocenters. The highest BCUT2D eigenvalue weighted by atomic mass is 16.6. The minimum atomic E-state index is -0.247. The van der Waals surface area contributed by atoms with Crippen LogP contribution in [0.4, 0.5) is 4.79 Å². The first kappa shape index (κ1) is 16.7. The zero-order valence-electron chi connectivity index (χ0n) is 15.2. The lowest BCUT2D eigenvalue weighted by Crippen LogP contribution is -2.47. The summed E-state index contributed by atoms with van der Waals surface area (Å²) in [5, 5.41) is 12.6. The van der Waals surface area contributed by atoms with E-state index in [2.05, 4.69) is 15.3 Å². The minimum Gasteiger partial charge on any atom is -0.444 e. The van der Waals surface area contributed by atoms with Crippen molar-refractivity contribution in [2.75, 3.05) is 19.6 Å². The van der Waals surface area contributed by atoms with Gasteiger partial charge in [0.1, 0.15) is 6.10 Å². The van der Waals surface area contributed by atoms with E-state index in [9.17, 15) is 9.59 Å². The van der Waals surface area contributed by atoms with E-state index in [1.54, 1.807) is 14.3 Å². The standard InChI is InChI=1S/C17H22N6O3/c1-10-8-14-18-19-15(12(3)23(14)20-10)16(24)21-6-4-13(5-7-21)22-9-11(2)26-17(22)25/h8,11,13H,4-7,9H2,1-3H3. The van der Waals surface area contributed by atoms with E-state index in [-0.39, 0.29) is 24.1 Å². The molecule has 9 heteroatoms. The fourth-order valence-corrected chi connectivity index (χ4v) is 3.73. The highest BCUT2D eigenvalue weighted by molar-refractivity contribution is 5.93. The number of ether oxygens (including phenoxy) is 1. The quantitative estimate of drug-likeness (QED) is 0.800. The van der Waals surface area contributed by atoms with Crippen molar-refractivity contribution in [3.8, 4) is 0 Å². The summed E-state index contributed by atoms with van der Waals surface area (Å²) in [6, 6.07) is 1.95. The number of amides is 2. The fraction of sp³-hybridized carbons (Fsp3) is 0.588. The molecule has 0 bridgehead atoms. The molecule has 2 saturated heterocycles. The van der Waals surface area contributed by atoms with Crippen LogP contribution in [0.25, 0.3) is 5.65 Å². The normalized spacial score (nSPS) is 21.5. The lowest BCUT2D eigenvalue weighted by atomic mass is 10.0. The molecular weight excluding hydrogens is 336 g/mol. The predicted molar refractivity (Wildman–Crippen MR) is 91.8 cm³/mol. The molecule has 138 valence electrons. The van der Waals surface area contributed by atoms with E-state index in [1.807, 2.05) is 26.8 Å². The summed E-state index contributed by atoms with van der Waals surface area (Å²) in [7, 11) is 0. The Hall–Kier alpha value is -2.71. The van der Waals surface area contributed by atoms with Crippen molar-refractivity contribution in [1.29, 1.82) is 0 Å². The molecule has 2 aromatic heterocycles. The van der Waals surface area contributed by atoms with Crippen LogP contribution in [-0.2, 0) is 4.74 Å². The van der Waals surface area contributed by atoms with Gasteiger partial charge >= 0.3 is 6.09 Å². The molecule has 2 aliphatic heterocycles. The molecule has 1 atom stereocenters. The van der Waals surface area contributed by atoms with Crippen molar-refractivity contribution in [3.63, 3.8) is 0 Å². The first-order chi connectivity index (χ1) is 12.4. The summed E-state index contributed by atoms with van der Waals surface area (Å²) in [6.07, 6.45) is 1.17. The monoisotopic (exact) mass is 358 g/mol. The van der Waals surface area contributed by atoms with Gasteiger partial charge in [0.25, 0.3) is 5.91 Å². The lowest BCUT2D eigenvalue weighted by Gasteiger charge is -2.35. The highest BCUT2D eigenvalue weighted by Gasteiger charge is 2.36. The average molecular weight is 358 g/mol. The van der Waals surface area contributed by atoms with Gasteiger partial charge in [0, 0.05) is 25.2 Å². The lowest BCUT2D eigenvalue weighted by molar-refractivity contribution is 0.0650. The van der Waals surface area contributed by atoms with Gasteiger partial charge < -0.3 is 14.5 Å². The van der Waals surface area contributed by atoms with Gasteiger partial charge in [0.15, 0.2) is 11.3 Å². The molecule has 2 fully saturated rings. The van der Waals surface area contributed by atoms with Gasteiger partial charge in [0.2, 0.25) is 0 Å². The van der Waals surface area contributed by atoms with E-state index in [0.29, 0.717) is 36.7 Å². The summed E-state index contributed by atoms with van der Waals surface area (Å²) < 4.78 is 6.86. The van der Waals surface area contributed by atoms with E-state index >= 15 is 0 Å². The fourth-order valence-electron chi connectivity index (χ4n) is 3.73. The van der Waals surface area contributed by atoms with Crippen molar-refractivity contribution in [3.05, 3.63) is 23.1 Å². The minimum absolute atomic E-state index is 0.0654. The van der Waals surface area contributed by atoms with Gasteiger partial charge in [-0.25, -0.2) is 9.31 Å². The third-order valence-corrected chi connectivity index (χ3v) is 5.11. The molecule has 2 aliphatic rings. The summed E-state index contributed by atoms with van der Waals surface area (Å²) in [5.41, 5.74) is 2.48. The maximum absolute atomic E-state index is 12.9. The number of likely N-dealkylation sites (tertiary alicyclic amines) is 1. The predicted octanol–water partition coefficient (Wildman–Crippen LogP) is 1.19. The van der Waals surface area contributed by atoms with Crippen LogP contribution in [0.5, 0.6) is 0 Å². The number of cyclic esters (lactones) is 1. The first-order valence-corrected chi connectivity index (χ1v) is 8.90. The Labute approximate surface area is 150 Å². The summed E-state index contributed by atoms with van der Waals surface area (Å²) in [5.74, 6) is -0.138. The number of aryl methyl sites for hydroxylation is 2. The SMILES string of the molecule is Cc1cc2nnc(C(=O)N3CCC(N4CC(C)OC4=O)CC3)c(C)n2n1. The van der Waals surface area contributed by atoms with Crippen LogP contribution in [0.1, 0.15) is 41.6 Å². The number of fused-ring (bicyclic) bond motifs is 1. The molecule has 0 spiro atoms. The molecule has 0 radical (unpaired) electrons. The average Bonchev–Trinajstić information content (AvgIpc) is 3.16. The summed E-state index contributed by atoms with van der Waals surface area (Å²) >= 11 is 0. The first-order valence-electron chi connectivity index (χ1n) is 8.90. The van der Waals surface area contributed by atoms with Crippen molar-refractivity contribution >= 4 is 17.6 Å². The third kappa shape index (κ3) is 2.77. The molecule has 0 aromatic carbocycles. The number of rotatable bonds is 2. The number of hydrogen-bond acceptors (Lipinski definition) is 6. The van der Waals surface area contributed by atoms with Crippen LogP contribution in [0.15, 0.2) is 6.07 Å². The Morgan fingerprint density at radius 1 is 1.23 bits per heavy atom. The molecule has 0 saturated carbocycles. The van der Waals surface area contributed by atoms with Gasteiger partial charge in [-0.05, 0) is 33.6 Å². The number of carbonyl (C=O) groups is 2. The van der Waals surface area contributed by atoms with Gasteiger partial charge in [-0.3, -0.25) is 4.79 Å². The Bertz CT molecular complexity index is 871. The Morgan fingerprint density at radius 3 is 2.62 bits per heavy atom. The molecule has 0 aliphatic carbocycles. The van der Waals surface area contributed by atoms with Crippen LogP contribution in [0.2, 0.25) is 0 Å². The van der Waals surface area contributed by atoms with Crippen molar-refractivity contribution in [2.24, 2.45) is 0 Å². The maximum Gasteiger partial charge on any atom is 0.410 e. The Morgan fingerprint density at radius 2 is 1.96 bits per heavy atom. The number of aromatic nitrogens is 4. The molecule has 2 aromatic rings. The molecule has 0 N–H and O–H groups in total. The van der Waals surface area contributed by atoms with E-state index in [4.69, 9.17) is 4.74 Å². The van der Waals surface area contributed by atoms with Crippen LogP contribution in [0, 0.1) is 13.8 Å². The number of hydrogen-bond donors (Lipinski definition) is 0.